The molecule has 70 valence electrons. The summed E-state index contributed by atoms with van der Waals surface area (Å²) in [5, 5.41) is 8.84. The second-order valence-corrected chi connectivity index (χ2v) is 2.94. The number of nitrogens with zero attached hydrogens (tertiary/aromatic N) is 1. The molecule has 0 saturated carbocycles. The van der Waals surface area contributed by atoms with Crippen LogP contribution in [0.4, 0.5) is 5.69 Å². The average Bonchev–Trinajstić information content (AvgIpc) is 2.09. The van der Waals surface area contributed by atoms with Gasteiger partial charge in [-0.3, -0.25) is 9.78 Å². The van der Waals surface area contributed by atoms with Gasteiger partial charge < -0.3 is 10.8 Å². The Bertz CT molecular complexity index is 401. The van der Waals surface area contributed by atoms with E-state index in [1.165, 1.54) is 0 Å². The Balaban J connectivity index is 3.42. The number of anilines is 1. The number of H-pyrrole nitrogens is 1. The van der Waals surface area contributed by atoms with E-state index >= 15 is 0 Å². The molecule has 0 unspecified atom stereocenters. The van der Waals surface area contributed by atoms with Crippen LogP contribution >= 0.6 is 11.8 Å². The lowest BCUT2D eigenvalue weighted by Gasteiger charge is -2.00. The van der Waals surface area contributed by atoms with Gasteiger partial charge in [0.15, 0.2) is 10.9 Å². The van der Waals surface area contributed by atoms with Crippen molar-refractivity contribution in [3.05, 3.63) is 16.0 Å². The van der Waals surface area contributed by atoms with Gasteiger partial charge in [-0.1, -0.05) is 11.8 Å². The van der Waals surface area contributed by atoms with Crippen molar-refractivity contribution in [2.75, 3.05) is 12.0 Å². The van der Waals surface area contributed by atoms with Crippen molar-refractivity contribution in [3.8, 4) is 0 Å². The lowest BCUT2D eigenvalue weighted by molar-refractivity contribution is 0.0690. The van der Waals surface area contributed by atoms with Crippen LogP contribution in [-0.2, 0) is 0 Å². The number of carboxylic acid groups (broad SMARTS) is 1. The highest BCUT2D eigenvalue weighted by Crippen LogP contribution is 2.09. The summed E-state index contributed by atoms with van der Waals surface area (Å²) in [6.07, 6.45) is 1.67. The van der Waals surface area contributed by atoms with Gasteiger partial charge >= 0.3 is 5.97 Å². The van der Waals surface area contributed by atoms with Crippen molar-refractivity contribution in [2.45, 2.75) is 5.16 Å². The zero-order valence-electron chi connectivity index (χ0n) is 6.70. The Morgan fingerprint density at radius 2 is 2.31 bits per heavy atom. The van der Waals surface area contributed by atoms with E-state index in [0.29, 0.717) is 0 Å². The molecular weight excluding hydrogens is 194 g/mol. The van der Waals surface area contributed by atoms with Crippen LogP contribution in [0.15, 0.2) is 9.95 Å². The summed E-state index contributed by atoms with van der Waals surface area (Å²) in [5.74, 6) is -1.31. The summed E-state index contributed by atoms with van der Waals surface area (Å²) < 4.78 is 0. The first-order chi connectivity index (χ1) is 6.06. The number of nitrogen functional groups attached to an aromatic ring is 1. The molecule has 0 aliphatic heterocycles. The number of rotatable bonds is 2. The Labute approximate surface area is 77.2 Å². The normalized spacial score (nSPS) is 9.92. The van der Waals surface area contributed by atoms with E-state index in [2.05, 4.69) is 9.97 Å². The van der Waals surface area contributed by atoms with Gasteiger partial charge in [0.25, 0.3) is 5.56 Å². The first kappa shape index (κ1) is 9.59. The van der Waals surface area contributed by atoms with Crippen molar-refractivity contribution >= 4 is 23.4 Å². The molecule has 6 nitrogen and oxygen atoms in total. The molecule has 0 amide bonds. The molecule has 0 aliphatic rings. The lowest BCUT2D eigenvalue weighted by atomic mass is 10.3. The number of aromatic carboxylic acids is 1. The van der Waals surface area contributed by atoms with Gasteiger partial charge in [0.05, 0.1) is 0 Å². The molecule has 0 atom stereocenters. The summed E-state index contributed by atoms with van der Waals surface area (Å²) >= 11 is 1.14. The number of hydrogen-bond donors (Lipinski definition) is 3. The number of carboxylic acids is 1. The molecule has 4 N–H and O–H groups in total. The first-order valence-corrected chi connectivity index (χ1v) is 4.45. The molecule has 1 heterocycles. The smallest absolute Gasteiger partial charge is 0.356 e. The maximum absolute atomic E-state index is 11.0. The predicted molar refractivity (Wildman–Crippen MR) is 48.0 cm³/mol. The molecule has 0 radical (unpaired) electrons. The van der Waals surface area contributed by atoms with E-state index in [1.807, 2.05) is 0 Å². The molecule has 1 aromatic rings. The summed E-state index contributed by atoms with van der Waals surface area (Å²) in [4.78, 5) is 27.5. The topological polar surface area (TPSA) is 109 Å². The number of nitrogens with one attached hydrogen (secondary N) is 1. The van der Waals surface area contributed by atoms with E-state index < -0.39 is 17.2 Å². The highest BCUT2D eigenvalue weighted by molar-refractivity contribution is 7.98. The Morgan fingerprint density at radius 3 is 2.77 bits per heavy atom. The Hall–Kier alpha value is -1.50. The van der Waals surface area contributed by atoms with Crippen LogP contribution in [0.2, 0.25) is 0 Å². The largest absolute Gasteiger partial charge is 0.476 e. The van der Waals surface area contributed by atoms with Gasteiger partial charge in [-0.05, 0) is 6.26 Å². The van der Waals surface area contributed by atoms with E-state index in [1.54, 1.807) is 6.26 Å². The van der Waals surface area contributed by atoms with Crippen molar-refractivity contribution in [1.82, 2.24) is 9.97 Å². The van der Waals surface area contributed by atoms with Gasteiger partial charge in [-0.25, -0.2) is 9.78 Å². The molecule has 0 aliphatic carbocycles. The van der Waals surface area contributed by atoms with Crippen molar-refractivity contribution in [2.24, 2.45) is 0 Å². The molecular formula is C6H7N3O3S. The summed E-state index contributed by atoms with van der Waals surface area (Å²) in [6, 6.07) is 0. The second-order valence-electron chi connectivity index (χ2n) is 2.14. The maximum atomic E-state index is 11.0. The monoisotopic (exact) mass is 201 g/mol. The Kier molecular flexibility index (Phi) is 2.57. The third kappa shape index (κ3) is 1.81. The van der Waals surface area contributed by atoms with E-state index in [4.69, 9.17) is 10.8 Å². The van der Waals surface area contributed by atoms with Gasteiger partial charge in [-0.15, -0.1) is 0 Å². The Morgan fingerprint density at radius 1 is 1.69 bits per heavy atom. The molecule has 0 bridgehead atoms. The van der Waals surface area contributed by atoms with E-state index in [9.17, 15) is 9.59 Å². The third-order valence-corrected chi connectivity index (χ3v) is 1.91. The molecule has 0 fully saturated rings. The second kappa shape index (κ2) is 3.48. The zero-order chi connectivity index (χ0) is 10.0. The van der Waals surface area contributed by atoms with Crippen molar-refractivity contribution in [1.29, 1.82) is 0 Å². The zero-order valence-corrected chi connectivity index (χ0v) is 7.51. The SMILES string of the molecule is CSc1nc(C(=O)O)c(N)c(=O)[nH]1. The van der Waals surface area contributed by atoms with Crippen LogP contribution in [0.5, 0.6) is 0 Å². The van der Waals surface area contributed by atoms with Crippen molar-refractivity contribution < 1.29 is 9.90 Å². The maximum Gasteiger partial charge on any atom is 0.356 e. The highest BCUT2D eigenvalue weighted by Gasteiger charge is 2.14. The number of aromatic amines is 1. The number of hydrogen-bond acceptors (Lipinski definition) is 5. The van der Waals surface area contributed by atoms with E-state index in [0.717, 1.165) is 11.8 Å². The number of nitrogens with two attached hydrogens (primary N) is 1. The molecule has 13 heavy (non-hydrogen) atoms. The van der Waals surface area contributed by atoms with Crippen LogP contribution in [-0.4, -0.2) is 27.3 Å². The fraction of sp³-hybridized carbons (Fsp3) is 0.167. The number of carbonyl (C=O) groups is 1. The molecule has 0 saturated heterocycles. The van der Waals surface area contributed by atoms with Crippen LogP contribution in [0.1, 0.15) is 10.5 Å². The van der Waals surface area contributed by atoms with Crippen LogP contribution < -0.4 is 11.3 Å². The lowest BCUT2D eigenvalue weighted by Crippen LogP contribution is -2.19. The summed E-state index contributed by atoms with van der Waals surface area (Å²) in [5.41, 5.74) is 3.80. The molecule has 1 aromatic heterocycles. The third-order valence-electron chi connectivity index (χ3n) is 1.33. The predicted octanol–water partition coefficient (Wildman–Crippen LogP) is -0.228. The van der Waals surface area contributed by atoms with Gasteiger partial charge in [0.2, 0.25) is 0 Å². The molecule has 0 spiro atoms. The summed E-state index contributed by atoms with van der Waals surface area (Å²) in [7, 11) is 0. The fourth-order valence-corrected chi connectivity index (χ4v) is 1.10. The van der Waals surface area contributed by atoms with Crippen LogP contribution in [0.3, 0.4) is 0 Å². The van der Waals surface area contributed by atoms with Gasteiger partial charge in [-0.2, -0.15) is 0 Å². The first-order valence-electron chi connectivity index (χ1n) is 3.23. The number of aromatic nitrogens is 2. The molecule has 7 heteroatoms. The minimum Gasteiger partial charge on any atom is -0.476 e. The van der Waals surface area contributed by atoms with E-state index in [-0.39, 0.29) is 10.8 Å². The minimum absolute atomic E-state index is 0.233. The van der Waals surface area contributed by atoms with Gasteiger partial charge in [0, 0.05) is 0 Å². The van der Waals surface area contributed by atoms with Crippen LogP contribution in [0.25, 0.3) is 0 Å². The highest BCUT2D eigenvalue weighted by atomic mass is 32.2. The van der Waals surface area contributed by atoms with Crippen LogP contribution in [0, 0.1) is 0 Å². The molecule has 1 rings (SSSR count). The average molecular weight is 201 g/mol. The number of thioether (sulfide) groups is 1. The molecule has 0 aromatic carbocycles. The minimum atomic E-state index is -1.31. The standard InChI is InChI=1S/C6H7N3O3S/c1-13-6-8-3(5(11)12)2(7)4(10)9-6/h7H2,1H3,(H,11,12)(H,8,9,10). The van der Waals surface area contributed by atoms with Gasteiger partial charge in [0.1, 0.15) is 5.69 Å². The van der Waals surface area contributed by atoms with Crippen molar-refractivity contribution in [3.63, 3.8) is 0 Å². The fourth-order valence-electron chi connectivity index (χ4n) is 0.721. The quantitative estimate of drug-likeness (QED) is 0.450. The summed E-state index contributed by atoms with van der Waals surface area (Å²) in [6.45, 7) is 0.